The number of nitrogens with one attached hydrogen (secondary N) is 1. The fourth-order valence-electron chi connectivity index (χ4n) is 1.68. The molecule has 106 valence electrons. The second kappa shape index (κ2) is 5.55. The van der Waals surface area contributed by atoms with Crippen LogP contribution in [0.5, 0.6) is 0 Å². The highest BCUT2D eigenvalue weighted by Gasteiger charge is 2.10. The molecular weight excluding hydrogens is 262 g/mol. The van der Waals surface area contributed by atoms with Crippen molar-refractivity contribution in [3.05, 3.63) is 35.4 Å². The van der Waals surface area contributed by atoms with Crippen molar-refractivity contribution in [1.29, 1.82) is 0 Å². The lowest BCUT2D eigenvalue weighted by atomic mass is 10.2. The molecule has 8 nitrogen and oxygen atoms in total. The summed E-state index contributed by atoms with van der Waals surface area (Å²) in [6.45, 7) is 2.28. The van der Waals surface area contributed by atoms with Gasteiger partial charge in [0.15, 0.2) is 5.69 Å². The van der Waals surface area contributed by atoms with Crippen LogP contribution in [0.25, 0.3) is 0 Å². The number of rotatable bonds is 5. The van der Waals surface area contributed by atoms with Gasteiger partial charge in [-0.15, -0.1) is 0 Å². The second-order valence-corrected chi connectivity index (χ2v) is 4.36. The van der Waals surface area contributed by atoms with Crippen LogP contribution in [-0.4, -0.2) is 36.5 Å². The molecule has 2 rings (SSSR count). The first-order valence-electron chi connectivity index (χ1n) is 5.98. The van der Waals surface area contributed by atoms with Crippen LogP contribution in [0.2, 0.25) is 0 Å². The van der Waals surface area contributed by atoms with Gasteiger partial charge >= 0.3 is 5.97 Å². The third kappa shape index (κ3) is 3.02. The van der Waals surface area contributed by atoms with Crippen LogP contribution in [0.15, 0.2) is 18.5 Å². The third-order valence-corrected chi connectivity index (χ3v) is 2.98. The Bertz CT molecular complexity index is 643. The Balaban J connectivity index is 1.89. The molecule has 2 aromatic heterocycles. The maximum atomic E-state index is 11.7. The Hall–Kier alpha value is -2.64. The molecule has 0 atom stereocenters. The Labute approximate surface area is 115 Å². The summed E-state index contributed by atoms with van der Waals surface area (Å²) in [6.07, 6.45) is 3.16. The number of aryl methyl sites for hydroxylation is 1. The normalized spacial score (nSPS) is 10.5. The minimum absolute atomic E-state index is 0.0212. The molecule has 0 unspecified atom stereocenters. The van der Waals surface area contributed by atoms with E-state index in [9.17, 15) is 9.59 Å². The summed E-state index contributed by atoms with van der Waals surface area (Å²) in [7, 11) is 1.83. The molecular formula is C12H15N5O3. The molecule has 0 saturated heterocycles. The van der Waals surface area contributed by atoms with Gasteiger partial charge in [0.1, 0.15) is 6.54 Å². The van der Waals surface area contributed by atoms with E-state index in [2.05, 4.69) is 15.5 Å². The number of aromatic nitrogens is 4. The molecule has 8 heteroatoms. The van der Waals surface area contributed by atoms with Crippen LogP contribution in [0.4, 0.5) is 0 Å². The zero-order valence-electron chi connectivity index (χ0n) is 11.2. The van der Waals surface area contributed by atoms with Crippen LogP contribution in [0, 0.1) is 6.92 Å². The van der Waals surface area contributed by atoms with Crippen LogP contribution < -0.4 is 5.32 Å². The molecule has 0 bridgehead atoms. The van der Waals surface area contributed by atoms with E-state index in [0.29, 0.717) is 6.54 Å². The van der Waals surface area contributed by atoms with Gasteiger partial charge < -0.3 is 10.4 Å². The quantitative estimate of drug-likeness (QED) is 0.797. The van der Waals surface area contributed by atoms with E-state index in [0.717, 1.165) is 11.3 Å². The van der Waals surface area contributed by atoms with Gasteiger partial charge in [-0.3, -0.25) is 14.2 Å². The highest BCUT2D eigenvalue weighted by Crippen LogP contribution is 2.04. The highest BCUT2D eigenvalue weighted by atomic mass is 16.4. The van der Waals surface area contributed by atoms with Crippen molar-refractivity contribution < 1.29 is 14.7 Å². The van der Waals surface area contributed by atoms with Gasteiger partial charge in [-0.2, -0.15) is 10.2 Å². The van der Waals surface area contributed by atoms with Gasteiger partial charge in [-0.1, -0.05) is 0 Å². The SMILES string of the molecule is Cc1c(CNC(=O)Cn2ccc(C(=O)O)n2)cnn1C. The van der Waals surface area contributed by atoms with Crippen LogP contribution >= 0.6 is 0 Å². The Morgan fingerprint density at radius 3 is 2.75 bits per heavy atom. The number of carboxylic acids is 1. The molecule has 0 aliphatic rings. The topological polar surface area (TPSA) is 102 Å². The predicted octanol–water partition coefficient (Wildman–Crippen LogP) is -0.0604. The summed E-state index contributed by atoms with van der Waals surface area (Å²) >= 11 is 0. The lowest BCUT2D eigenvalue weighted by Gasteiger charge is -2.05. The van der Waals surface area contributed by atoms with Crippen molar-refractivity contribution in [1.82, 2.24) is 24.9 Å². The molecule has 0 aromatic carbocycles. The molecule has 0 aliphatic carbocycles. The van der Waals surface area contributed by atoms with E-state index in [1.807, 2.05) is 14.0 Å². The Morgan fingerprint density at radius 1 is 1.45 bits per heavy atom. The van der Waals surface area contributed by atoms with Gasteiger partial charge in [0, 0.05) is 31.0 Å². The van der Waals surface area contributed by atoms with Crippen molar-refractivity contribution in [3.8, 4) is 0 Å². The van der Waals surface area contributed by atoms with Crippen molar-refractivity contribution in [2.45, 2.75) is 20.0 Å². The van der Waals surface area contributed by atoms with E-state index < -0.39 is 5.97 Å². The molecule has 0 fully saturated rings. The number of hydrogen-bond donors (Lipinski definition) is 2. The van der Waals surface area contributed by atoms with Crippen LogP contribution in [-0.2, 0) is 24.9 Å². The van der Waals surface area contributed by atoms with Crippen molar-refractivity contribution in [2.75, 3.05) is 0 Å². The molecule has 0 aliphatic heterocycles. The summed E-state index contributed by atoms with van der Waals surface area (Å²) in [5, 5.41) is 19.3. The van der Waals surface area contributed by atoms with Crippen LogP contribution in [0.1, 0.15) is 21.7 Å². The van der Waals surface area contributed by atoms with Gasteiger partial charge in [-0.25, -0.2) is 4.79 Å². The van der Waals surface area contributed by atoms with Gasteiger partial charge in [0.05, 0.1) is 6.20 Å². The fraction of sp³-hybridized carbons (Fsp3) is 0.333. The minimum atomic E-state index is -1.12. The lowest BCUT2D eigenvalue weighted by Crippen LogP contribution is -2.27. The van der Waals surface area contributed by atoms with Crippen molar-refractivity contribution >= 4 is 11.9 Å². The smallest absolute Gasteiger partial charge is 0.356 e. The monoisotopic (exact) mass is 277 g/mol. The average Bonchev–Trinajstić information content (AvgIpc) is 2.97. The number of carbonyl (C=O) groups excluding carboxylic acids is 1. The molecule has 0 radical (unpaired) electrons. The van der Waals surface area contributed by atoms with Crippen LogP contribution in [0.3, 0.4) is 0 Å². The first kappa shape index (κ1) is 13.8. The van der Waals surface area contributed by atoms with E-state index in [4.69, 9.17) is 5.11 Å². The van der Waals surface area contributed by atoms with Gasteiger partial charge in [0.25, 0.3) is 0 Å². The molecule has 2 heterocycles. The first-order chi connectivity index (χ1) is 9.47. The zero-order chi connectivity index (χ0) is 14.7. The number of carboxylic acid groups (broad SMARTS) is 1. The minimum Gasteiger partial charge on any atom is -0.476 e. The number of aromatic carboxylic acids is 1. The van der Waals surface area contributed by atoms with Gasteiger partial charge in [-0.05, 0) is 13.0 Å². The summed E-state index contributed by atoms with van der Waals surface area (Å²) in [4.78, 5) is 22.4. The molecule has 2 N–H and O–H groups in total. The molecule has 0 spiro atoms. The molecule has 1 amide bonds. The molecule has 2 aromatic rings. The van der Waals surface area contributed by atoms with Crippen molar-refractivity contribution in [3.63, 3.8) is 0 Å². The highest BCUT2D eigenvalue weighted by molar-refractivity contribution is 5.85. The first-order valence-corrected chi connectivity index (χ1v) is 5.98. The summed E-state index contributed by atoms with van der Waals surface area (Å²) in [5.41, 5.74) is 1.84. The third-order valence-electron chi connectivity index (χ3n) is 2.98. The molecule has 20 heavy (non-hydrogen) atoms. The van der Waals surface area contributed by atoms with E-state index >= 15 is 0 Å². The van der Waals surface area contributed by atoms with E-state index in [1.165, 1.54) is 16.9 Å². The average molecular weight is 277 g/mol. The maximum Gasteiger partial charge on any atom is 0.356 e. The Kier molecular flexibility index (Phi) is 3.83. The van der Waals surface area contributed by atoms with Gasteiger partial charge in [0.2, 0.25) is 5.91 Å². The lowest BCUT2D eigenvalue weighted by molar-refractivity contribution is -0.122. The number of carbonyl (C=O) groups is 2. The molecule has 0 saturated carbocycles. The zero-order valence-corrected chi connectivity index (χ0v) is 11.2. The summed E-state index contributed by atoms with van der Waals surface area (Å²) < 4.78 is 3.02. The standard InChI is InChI=1S/C12H15N5O3/c1-8-9(6-14-16(8)2)5-13-11(18)7-17-4-3-10(15-17)12(19)20/h3-4,6H,5,7H2,1-2H3,(H,13,18)(H,19,20). The number of nitrogens with zero attached hydrogens (tertiary/aromatic N) is 4. The Morgan fingerprint density at radius 2 is 2.20 bits per heavy atom. The van der Waals surface area contributed by atoms with E-state index in [-0.39, 0.29) is 18.1 Å². The second-order valence-electron chi connectivity index (χ2n) is 4.36. The number of amides is 1. The summed E-state index contributed by atoms with van der Waals surface area (Å²) in [5.74, 6) is -1.36. The number of hydrogen-bond acceptors (Lipinski definition) is 4. The summed E-state index contributed by atoms with van der Waals surface area (Å²) in [6, 6.07) is 1.35. The predicted molar refractivity (Wildman–Crippen MR) is 69.0 cm³/mol. The van der Waals surface area contributed by atoms with E-state index in [1.54, 1.807) is 10.9 Å². The maximum absolute atomic E-state index is 11.7. The fourth-order valence-corrected chi connectivity index (χ4v) is 1.68. The van der Waals surface area contributed by atoms with Crippen molar-refractivity contribution in [2.24, 2.45) is 7.05 Å². The largest absolute Gasteiger partial charge is 0.476 e.